The molecule has 22 heavy (non-hydrogen) atoms. The lowest BCUT2D eigenvalue weighted by Gasteiger charge is -2.38. The average Bonchev–Trinajstić information content (AvgIpc) is 3.04. The van der Waals surface area contributed by atoms with Crippen LogP contribution < -0.4 is 4.74 Å². The van der Waals surface area contributed by atoms with E-state index in [1.165, 1.54) is 0 Å². The Balaban J connectivity index is 1.76. The van der Waals surface area contributed by atoms with Gasteiger partial charge in [-0.15, -0.1) is 0 Å². The predicted molar refractivity (Wildman–Crippen MR) is 83.3 cm³/mol. The number of ketones is 2. The third-order valence-electron chi connectivity index (χ3n) is 6.01. The molecule has 4 rings (SSSR count). The number of benzene rings is 1. The average molecular weight is 298 g/mol. The molecule has 0 spiro atoms. The second kappa shape index (κ2) is 4.68. The lowest BCUT2D eigenvalue weighted by molar-refractivity contribution is 0.0572. The minimum atomic E-state index is -0.0892. The van der Waals surface area contributed by atoms with Crippen LogP contribution in [0.15, 0.2) is 18.2 Å². The Labute approximate surface area is 131 Å². The van der Waals surface area contributed by atoms with Crippen molar-refractivity contribution < 1.29 is 14.3 Å². The van der Waals surface area contributed by atoms with Gasteiger partial charge >= 0.3 is 0 Å². The van der Waals surface area contributed by atoms with Crippen LogP contribution in [0.5, 0.6) is 5.75 Å². The van der Waals surface area contributed by atoms with Gasteiger partial charge in [-0.2, -0.15) is 0 Å². The summed E-state index contributed by atoms with van der Waals surface area (Å²) in [5.74, 6) is 1.30. The molecule has 2 fully saturated rings. The summed E-state index contributed by atoms with van der Waals surface area (Å²) in [4.78, 5) is 26.0. The Morgan fingerprint density at radius 1 is 1.23 bits per heavy atom. The van der Waals surface area contributed by atoms with E-state index in [1.807, 2.05) is 13.0 Å². The van der Waals surface area contributed by atoms with Crippen molar-refractivity contribution in [3.05, 3.63) is 29.3 Å². The van der Waals surface area contributed by atoms with Crippen LogP contribution >= 0.6 is 0 Å². The molecule has 0 N–H and O–H groups in total. The van der Waals surface area contributed by atoms with Gasteiger partial charge in [-0.3, -0.25) is 9.59 Å². The Morgan fingerprint density at radius 3 is 2.82 bits per heavy atom. The van der Waals surface area contributed by atoms with E-state index in [1.54, 1.807) is 12.1 Å². The van der Waals surface area contributed by atoms with Crippen LogP contribution in [0.2, 0.25) is 0 Å². The second-order valence-corrected chi connectivity index (χ2v) is 7.44. The van der Waals surface area contributed by atoms with E-state index in [0.29, 0.717) is 29.4 Å². The zero-order valence-corrected chi connectivity index (χ0v) is 13.2. The number of Topliss-reactive ketones (excluding diaryl/α,β-unsaturated/α-hetero) is 2. The molecule has 3 heteroatoms. The molecular formula is C19H22O3. The molecular weight excluding hydrogens is 276 g/mol. The first-order chi connectivity index (χ1) is 10.5. The van der Waals surface area contributed by atoms with Gasteiger partial charge in [0, 0.05) is 23.0 Å². The highest BCUT2D eigenvalue weighted by Crippen LogP contribution is 2.63. The summed E-state index contributed by atoms with van der Waals surface area (Å²) < 4.78 is 5.63. The number of hydrogen-bond donors (Lipinski definition) is 0. The Bertz CT molecular complexity index is 663. The molecule has 3 aliphatic rings. The van der Waals surface area contributed by atoms with Crippen LogP contribution in [0.1, 0.15) is 60.2 Å². The zero-order valence-electron chi connectivity index (χ0n) is 13.2. The van der Waals surface area contributed by atoms with Gasteiger partial charge in [-0.05, 0) is 55.2 Å². The molecule has 1 aromatic carbocycles. The van der Waals surface area contributed by atoms with E-state index in [-0.39, 0.29) is 28.8 Å². The molecule has 2 bridgehead atoms. The highest BCUT2D eigenvalue weighted by molar-refractivity contribution is 6.17. The van der Waals surface area contributed by atoms with Crippen LogP contribution in [0.4, 0.5) is 0 Å². The first-order valence-electron chi connectivity index (χ1n) is 8.40. The predicted octanol–water partition coefficient (Wildman–Crippen LogP) is 3.91. The van der Waals surface area contributed by atoms with Gasteiger partial charge in [0.15, 0.2) is 11.6 Å². The molecule has 0 saturated heterocycles. The molecule has 0 radical (unpaired) electrons. The van der Waals surface area contributed by atoms with Gasteiger partial charge in [0.2, 0.25) is 0 Å². The van der Waals surface area contributed by atoms with Crippen LogP contribution in [0.25, 0.3) is 0 Å². The van der Waals surface area contributed by atoms with E-state index >= 15 is 0 Å². The van der Waals surface area contributed by atoms with Crippen molar-refractivity contribution in [2.45, 2.75) is 39.5 Å². The van der Waals surface area contributed by atoms with E-state index in [9.17, 15) is 9.59 Å². The van der Waals surface area contributed by atoms with E-state index in [4.69, 9.17) is 4.74 Å². The zero-order chi connectivity index (χ0) is 15.5. The molecule has 4 unspecified atom stereocenters. The number of rotatable bonds is 3. The molecule has 3 aliphatic carbocycles. The largest absolute Gasteiger partial charge is 0.494 e. The molecule has 1 aromatic rings. The maximum absolute atomic E-state index is 13.0. The fraction of sp³-hybridized carbons (Fsp3) is 0.579. The monoisotopic (exact) mass is 298 g/mol. The highest BCUT2D eigenvalue weighted by atomic mass is 16.5. The molecule has 116 valence electrons. The maximum Gasteiger partial charge on any atom is 0.167 e. The highest BCUT2D eigenvalue weighted by Gasteiger charge is 2.62. The van der Waals surface area contributed by atoms with Gasteiger partial charge in [0.05, 0.1) is 6.61 Å². The van der Waals surface area contributed by atoms with E-state index < -0.39 is 0 Å². The summed E-state index contributed by atoms with van der Waals surface area (Å²) in [5.41, 5.74) is 1.25. The summed E-state index contributed by atoms with van der Waals surface area (Å²) in [5, 5.41) is 0. The van der Waals surface area contributed by atoms with Crippen molar-refractivity contribution >= 4 is 11.6 Å². The Hall–Kier alpha value is -1.64. The minimum absolute atomic E-state index is 0.0388. The standard InChI is InChI=1S/C19H22O3/c1-3-8-22-12-4-5-13-14(9-12)17(20)15-11-6-7-19(2,10-11)16(15)18(13)21/h4-5,9,11,15-16H,3,6-8,10H2,1-2H3. The first-order valence-corrected chi connectivity index (χ1v) is 8.40. The summed E-state index contributed by atoms with van der Waals surface area (Å²) >= 11 is 0. The van der Waals surface area contributed by atoms with Crippen LogP contribution in [-0.2, 0) is 0 Å². The number of carbonyl (C=O) groups is 2. The molecule has 4 atom stereocenters. The molecule has 2 saturated carbocycles. The summed E-state index contributed by atoms with van der Waals surface area (Å²) in [7, 11) is 0. The third-order valence-corrected chi connectivity index (χ3v) is 6.01. The quantitative estimate of drug-likeness (QED) is 0.850. The van der Waals surface area contributed by atoms with Crippen molar-refractivity contribution in [3.8, 4) is 5.75 Å². The SMILES string of the molecule is CCCOc1ccc2c(c1)C(=O)C1C3CCC(C)(C3)C1C2=O. The third kappa shape index (κ3) is 1.74. The second-order valence-electron chi connectivity index (χ2n) is 7.44. The number of fused-ring (bicyclic) bond motifs is 6. The first kappa shape index (κ1) is 14.0. The van der Waals surface area contributed by atoms with Gasteiger partial charge in [-0.1, -0.05) is 13.8 Å². The lowest BCUT2D eigenvalue weighted by atomic mass is 9.63. The van der Waals surface area contributed by atoms with Gasteiger partial charge in [0.25, 0.3) is 0 Å². The van der Waals surface area contributed by atoms with Gasteiger partial charge in [0.1, 0.15) is 5.75 Å². The van der Waals surface area contributed by atoms with Crippen molar-refractivity contribution in [2.24, 2.45) is 23.2 Å². The Morgan fingerprint density at radius 2 is 2.05 bits per heavy atom. The van der Waals surface area contributed by atoms with Crippen molar-refractivity contribution in [2.75, 3.05) is 6.61 Å². The molecule has 0 aliphatic heterocycles. The lowest BCUT2D eigenvalue weighted by Crippen LogP contribution is -2.43. The van der Waals surface area contributed by atoms with Crippen LogP contribution in [0, 0.1) is 23.2 Å². The fourth-order valence-corrected chi connectivity index (χ4v) is 5.06. The maximum atomic E-state index is 13.0. The fourth-order valence-electron chi connectivity index (χ4n) is 5.06. The van der Waals surface area contributed by atoms with Crippen molar-refractivity contribution in [3.63, 3.8) is 0 Å². The number of ether oxygens (including phenoxy) is 1. The molecule has 0 amide bonds. The molecule has 0 aromatic heterocycles. The van der Waals surface area contributed by atoms with Crippen LogP contribution in [0.3, 0.4) is 0 Å². The normalized spacial score (nSPS) is 35.5. The molecule has 3 nitrogen and oxygen atoms in total. The summed E-state index contributed by atoms with van der Waals surface area (Å²) in [6.45, 7) is 4.88. The summed E-state index contributed by atoms with van der Waals surface area (Å²) in [6, 6.07) is 5.41. The van der Waals surface area contributed by atoms with Gasteiger partial charge in [-0.25, -0.2) is 0 Å². The summed E-state index contributed by atoms with van der Waals surface area (Å²) in [6.07, 6.45) is 4.14. The molecule has 0 heterocycles. The van der Waals surface area contributed by atoms with Crippen molar-refractivity contribution in [1.29, 1.82) is 0 Å². The van der Waals surface area contributed by atoms with Crippen LogP contribution in [-0.4, -0.2) is 18.2 Å². The Kier molecular flexibility index (Phi) is 2.97. The van der Waals surface area contributed by atoms with Gasteiger partial charge < -0.3 is 4.74 Å². The van der Waals surface area contributed by atoms with E-state index in [0.717, 1.165) is 25.7 Å². The number of carbonyl (C=O) groups excluding carboxylic acids is 2. The van der Waals surface area contributed by atoms with E-state index in [2.05, 4.69) is 6.92 Å². The topological polar surface area (TPSA) is 43.4 Å². The van der Waals surface area contributed by atoms with Crippen molar-refractivity contribution in [1.82, 2.24) is 0 Å². The minimum Gasteiger partial charge on any atom is -0.494 e. The number of hydrogen-bond acceptors (Lipinski definition) is 3. The smallest absolute Gasteiger partial charge is 0.167 e.